The molecule has 0 saturated heterocycles. The van der Waals surface area contributed by atoms with Gasteiger partial charge in [-0.3, -0.25) is 10.2 Å². The highest BCUT2D eigenvalue weighted by Gasteiger charge is 2.09. The van der Waals surface area contributed by atoms with Crippen molar-refractivity contribution >= 4 is 59.1 Å². The molecule has 0 radical (unpaired) electrons. The van der Waals surface area contributed by atoms with E-state index >= 15 is 0 Å². The first-order valence-electron chi connectivity index (χ1n) is 7.54. The Morgan fingerprint density at radius 2 is 1.23 bits per heavy atom. The fourth-order valence-electron chi connectivity index (χ4n) is 2.45. The van der Waals surface area contributed by atoms with Crippen molar-refractivity contribution in [3.63, 3.8) is 0 Å². The number of nitrogens with zero attached hydrogens (tertiary/aromatic N) is 2. The molecular formula is C16H18Cl2N6S2. The fourth-order valence-corrected chi connectivity index (χ4v) is 3.94. The van der Waals surface area contributed by atoms with Crippen LogP contribution >= 0.6 is 47.5 Å². The highest BCUT2D eigenvalue weighted by atomic mass is 35.5. The van der Waals surface area contributed by atoms with Gasteiger partial charge in [0.2, 0.25) is 0 Å². The SMILES string of the molecule is Cl.Cl.c1csc(-c2cn[nH]c2NCCNc2[nH]ncc2-c2cccs2)c1. The molecule has 0 aliphatic carbocycles. The quantitative estimate of drug-likeness (QED) is 0.313. The van der Waals surface area contributed by atoms with E-state index in [9.17, 15) is 0 Å². The number of halogens is 2. The van der Waals surface area contributed by atoms with Crippen LogP contribution in [0.15, 0.2) is 47.4 Å². The van der Waals surface area contributed by atoms with E-state index in [1.165, 1.54) is 9.75 Å². The van der Waals surface area contributed by atoms with Crippen molar-refractivity contribution in [1.29, 1.82) is 0 Å². The number of thiophene rings is 2. The Morgan fingerprint density at radius 1 is 0.769 bits per heavy atom. The third-order valence-corrected chi connectivity index (χ3v) is 5.39. The average molecular weight is 429 g/mol. The van der Waals surface area contributed by atoms with Gasteiger partial charge in [-0.15, -0.1) is 47.5 Å². The lowest BCUT2D eigenvalue weighted by atomic mass is 10.2. The number of rotatable bonds is 7. The zero-order chi connectivity index (χ0) is 16.2. The summed E-state index contributed by atoms with van der Waals surface area (Å²) in [6.07, 6.45) is 3.71. The number of hydrogen-bond donors (Lipinski definition) is 4. The Kier molecular flexibility index (Phi) is 7.52. The Balaban J connectivity index is 0.00000121. The highest BCUT2D eigenvalue weighted by Crippen LogP contribution is 2.30. The minimum atomic E-state index is 0. The van der Waals surface area contributed by atoms with Crippen LogP contribution in [0, 0.1) is 0 Å². The van der Waals surface area contributed by atoms with E-state index in [2.05, 4.69) is 53.9 Å². The lowest BCUT2D eigenvalue weighted by molar-refractivity contribution is 1.01. The largest absolute Gasteiger partial charge is 0.368 e. The predicted octanol–water partition coefficient (Wildman–Crippen LogP) is 4.96. The molecule has 26 heavy (non-hydrogen) atoms. The normalized spacial score (nSPS) is 10.0. The van der Waals surface area contributed by atoms with E-state index < -0.39 is 0 Å². The van der Waals surface area contributed by atoms with Crippen LogP contribution in [-0.4, -0.2) is 33.5 Å². The standard InChI is InChI=1S/C16H16N6S2.2ClH/c1-3-13(23-7-1)11-9-19-21-15(11)17-5-6-18-16-12(10-20-22-16)14-4-2-8-24-14;;/h1-4,7-10H,5-6H2,(H2,17,19,21)(H2,18,20,22);2*1H. The van der Waals surface area contributed by atoms with Crippen molar-refractivity contribution in [1.82, 2.24) is 20.4 Å². The van der Waals surface area contributed by atoms with Gasteiger partial charge in [-0.2, -0.15) is 10.2 Å². The second kappa shape index (κ2) is 9.63. The van der Waals surface area contributed by atoms with Crippen LogP contribution in [0.2, 0.25) is 0 Å². The molecule has 0 aliphatic rings. The van der Waals surface area contributed by atoms with Gasteiger partial charge >= 0.3 is 0 Å². The van der Waals surface area contributed by atoms with E-state index in [-0.39, 0.29) is 24.8 Å². The molecule has 0 aliphatic heterocycles. The molecule has 0 bridgehead atoms. The molecule has 0 spiro atoms. The Bertz CT molecular complexity index is 811. The van der Waals surface area contributed by atoms with Gasteiger partial charge in [0.05, 0.1) is 23.5 Å². The van der Waals surface area contributed by atoms with E-state index in [0.29, 0.717) is 0 Å². The molecule has 6 nitrogen and oxygen atoms in total. The summed E-state index contributed by atoms with van der Waals surface area (Å²) < 4.78 is 0. The predicted molar refractivity (Wildman–Crippen MR) is 115 cm³/mol. The first-order valence-corrected chi connectivity index (χ1v) is 9.30. The molecule has 4 aromatic heterocycles. The molecular weight excluding hydrogens is 411 g/mol. The fraction of sp³-hybridized carbons (Fsp3) is 0.125. The maximum absolute atomic E-state index is 4.14. The summed E-state index contributed by atoms with van der Waals surface area (Å²) in [5.41, 5.74) is 2.21. The summed E-state index contributed by atoms with van der Waals surface area (Å²) >= 11 is 3.41. The second-order valence-electron chi connectivity index (χ2n) is 5.13. The summed E-state index contributed by atoms with van der Waals surface area (Å²) in [4.78, 5) is 2.40. The Labute approximate surface area is 171 Å². The summed E-state index contributed by atoms with van der Waals surface area (Å²) in [6.45, 7) is 1.53. The number of aromatic nitrogens is 4. The van der Waals surface area contributed by atoms with E-state index in [1.54, 1.807) is 22.7 Å². The van der Waals surface area contributed by atoms with E-state index in [1.807, 2.05) is 24.5 Å². The maximum atomic E-state index is 4.14. The lowest BCUT2D eigenvalue weighted by Crippen LogP contribution is -2.14. The summed E-state index contributed by atoms with van der Waals surface area (Å²) in [5, 5.41) is 25.2. The van der Waals surface area contributed by atoms with Crippen LogP contribution in [0.25, 0.3) is 20.9 Å². The lowest BCUT2D eigenvalue weighted by Gasteiger charge is -2.08. The molecule has 0 amide bonds. The number of hydrogen-bond acceptors (Lipinski definition) is 6. The van der Waals surface area contributed by atoms with Crippen molar-refractivity contribution < 1.29 is 0 Å². The molecule has 4 N–H and O–H groups in total. The van der Waals surface area contributed by atoms with Crippen molar-refractivity contribution in [2.24, 2.45) is 0 Å². The number of aromatic amines is 2. The molecule has 0 aromatic carbocycles. The third kappa shape index (κ3) is 4.39. The van der Waals surface area contributed by atoms with Crippen LogP contribution < -0.4 is 10.6 Å². The molecule has 4 heterocycles. The smallest absolute Gasteiger partial charge is 0.130 e. The van der Waals surface area contributed by atoms with Crippen molar-refractivity contribution in [3.8, 4) is 20.9 Å². The zero-order valence-corrected chi connectivity index (χ0v) is 16.8. The minimum absolute atomic E-state index is 0. The van der Waals surface area contributed by atoms with Crippen molar-refractivity contribution in [2.45, 2.75) is 0 Å². The molecule has 0 saturated carbocycles. The first kappa shape index (κ1) is 20.3. The van der Waals surface area contributed by atoms with Crippen LogP contribution in [-0.2, 0) is 0 Å². The monoisotopic (exact) mass is 428 g/mol. The van der Waals surface area contributed by atoms with Crippen LogP contribution in [0.4, 0.5) is 11.6 Å². The third-order valence-electron chi connectivity index (χ3n) is 3.58. The van der Waals surface area contributed by atoms with Gasteiger partial charge in [-0.1, -0.05) is 12.1 Å². The first-order chi connectivity index (χ1) is 11.9. The average Bonchev–Trinajstić information content (AvgIpc) is 3.40. The Hall–Kier alpha value is -2.00. The van der Waals surface area contributed by atoms with Gasteiger partial charge in [0.25, 0.3) is 0 Å². The molecule has 0 unspecified atom stereocenters. The number of H-pyrrole nitrogens is 2. The summed E-state index contributed by atoms with van der Waals surface area (Å²) in [7, 11) is 0. The van der Waals surface area contributed by atoms with E-state index in [4.69, 9.17) is 0 Å². The topological polar surface area (TPSA) is 81.4 Å². The highest BCUT2D eigenvalue weighted by molar-refractivity contribution is 7.13. The molecule has 0 atom stereocenters. The van der Waals surface area contributed by atoms with Gasteiger partial charge in [0.15, 0.2) is 0 Å². The van der Waals surface area contributed by atoms with Crippen molar-refractivity contribution in [3.05, 3.63) is 47.4 Å². The molecule has 10 heteroatoms. The van der Waals surface area contributed by atoms with Gasteiger partial charge < -0.3 is 10.6 Å². The number of anilines is 2. The summed E-state index contributed by atoms with van der Waals surface area (Å²) in [6, 6.07) is 8.28. The Morgan fingerprint density at radius 3 is 1.62 bits per heavy atom. The molecule has 4 aromatic rings. The van der Waals surface area contributed by atoms with E-state index in [0.717, 1.165) is 35.9 Å². The molecule has 0 fully saturated rings. The van der Waals surface area contributed by atoms with Crippen LogP contribution in [0.1, 0.15) is 0 Å². The van der Waals surface area contributed by atoms with Gasteiger partial charge in [-0.05, 0) is 22.9 Å². The van der Waals surface area contributed by atoms with Gasteiger partial charge in [0, 0.05) is 22.8 Å². The van der Waals surface area contributed by atoms with Gasteiger partial charge in [-0.25, -0.2) is 0 Å². The van der Waals surface area contributed by atoms with Crippen molar-refractivity contribution in [2.75, 3.05) is 23.7 Å². The minimum Gasteiger partial charge on any atom is -0.368 e. The van der Waals surface area contributed by atoms with Gasteiger partial charge in [0.1, 0.15) is 11.6 Å². The number of nitrogens with one attached hydrogen (secondary N) is 4. The summed E-state index contributed by atoms with van der Waals surface area (Å²) in [5.74, 6) is 1.89. The molecule has 138 valence electrons. The molecule has 4 rings (SSSR count). The second-order valence-corrected chi connectivity index (χ2v) is 7.02. The zero-order valence-electron chi connectivity index (χ0n) is 13.6. The maximum Gasteiger partial charge on any atom is 0.130 e. The van der Waals surface area contributed by atoms with Crippen LogP contribution in [0.3, 0.4) is 0 Å². The van der Waals surface area contributed by atoms with Crippen LogP contribution in [0.5, 0.6) is 0 Å².